The third kappa shape index (κ3) is 3.96. The van der Waals surface area contributed by atoms with Gasteiger partial charge in [-0.3, -0.25) is 14.9 Å². The van der Waals surface area contributed by atoms with Crippen LogP contribution in [0.5, 0.6) is 0 Å². The van der Waals surface area contributed by atoms with E-state index >= 15 is 0 Å². The number of rotatable bonds is 5. The smallest absolute Gasteiger partial charge is 0.322 e. The average Bonchev–Trinajstić information content (AvgIpc) is 3.17. The first-order valence-electron chi connectivity index (χ1n) is 8.88. The molecular formula is C20H18N4O3S2. The summed E-state index contributed by atoms with van der Waals surface area (Å²) < 4.78 is 1.01. The van der Waals surface area contributed by atoms with Crippen LogP contribution in [0.2, 0.25) is 0 Å². The molecule has 0 spiro atoms. The molecule has 0 aliphatic carbocycles. The van der Waals surface area contributed by atoms with Crippen molar-refractivity contribution in [2.24, 2.45) is 0 Å². The molecule has 148 valence electrons. The number of fused-ring (bicyclic) bond motifs is 1. The summed E-state index contributed by atoms with van der Waals surface area (Å²) >= 11 is 2.93. The normalized spacial score (nSPS) is 18.6. The van der Waals surface area contributed by atoms with E-state index in [-0.39, 0.29) is 11.8 Å². The van der Waals surface area contributed by atoms with Crippen molar-refractivity contribution >= 4 is 56.8 Å². The Morgan fingerprint density at radius 2 is 2.03 bits per heavy atom. The van der Waals surface area contributed by atoms with Crippen LogP contribution < -0.4 is 16.0 Å². The largest absolute Gasteiger partial charge is 0.323 e. The van der Waals surface area contributed by atoms with Crippen LogP contribution in [0, 0.1) is 6.92 Å². The molecular weight excluding hydrogens is 408 g/mol. The average molecular weight is 427 g/mol. The molecule has 1 aliphatic heterocycles. The number of aromatic nitrogens is 1. The number of urea groups is 1. The number of nitrogens with one attached hydrogen (secondary N) is 3. The van der Waals surface area contributed by atoms with Gasteiger partial charge in [0.15, 0.2) is 0 Å². The van der Waals surface area contributed by atoms with Crippen LogP contribution in [0.15, 0.2) is 47.4 Å². The van der Waals surface area contributed by atoms with Gasteiger partial charge in [-0.1, -0.05) is 12.1 Å². The van der Waals surface area contributed by atoms with Gasteiger partial charge in [0, 0.05) is 16.3 Å². The lowest BCUT2D eigenvalue weighted by Crippen LogP contribution is -2.46. The highest BCUT2D eigenvalue weighted by Gasteiger charge is 2.41. The van der Waals surface area contributed by atoms with Crippen molar-refractivity contribution in [1.82, 2.24) is 15.6 Å². The van der Waals surface area contributed by atoms with Crippen LogP contribution in [0.25, 0.3) is 10.2 Å². The van der Waals surface area contributed by atoms with Gasteiger partial charge in [0.25, 0.3) is 11.8 Å². The number of hydrogen-bond donors (Lipinski definition) is 3. The summed E-state index contributed by atoms with van der Waals surface area (Å²) in [6.45, 7) is 3.61. The second-order valence-corrected chi connectivity index (χ2v) is 9.15. The summed E-state index contributed by atoms with van der Waals surface area (Å²) in [6, 6.07) is 12.3. The summed E-state index contributed by atoms with van der Waals surface area (Å²) in [5.41, 5.74) is 1.10. The van der Waals surface area contributed by atoms with Gasteiger partial charge in [-0.05, 0) is 44.2 Å². The topological polar surface area (TPSA) is 100 Å². The van der Waals surface area contributed by atoms with Gasteiger partial charge in [0.1, 0.15) is 5.54 Å². The second kappa shape index (κ2) is 7.49. The molecule has 3 aromatic rings. The Hall–Kier alpha value is -2.91. The minimum atomic E-state index is -1.01. The standard InChI is InChI=1S/C20H18N4O3S2/c1-11-21-14-8-7-12(9-16(14)29-11)22-17(25)13-5-3-4-6-15(13)28-10-20(2)18(26)23-19(27)24-20/h3-9H,10H2,1-2H3,(H,22,25)(H2,23,24,26,27). The van der Waals surface area contributed by atoms with Crippen molar-refractivity contribution in [2.75, 3.05) is 11.1 Å². The van der Waals surface area contributed by atoms with E-state index in [1.54, 1.807) is 30.4 Å². The number of benzene rings is 2. The van der Waals surface area contributed by atoms with E-state index in [1.807, 2.05) is 37.3 Å². The molecule has 2 aromatic carbocycles. The quantitative estimate of drug-likeness (QED) is 0.428. The predicted octanol–water partition coefficient (Wildman–Crippen LogP) is 3.55. The Bertz CT molecular complexity index is 1140. The lowest BCUT2D eigenvalue weighted by Gasteiger charge is -2.20. The number of anilines is 1. The molecule has 2 heterocycles. The molecule has 4 amide bonds. The molecule has 1 aliphatic rings. The Labute approximate surface area is 175 Å². The molecule has 7 nitrogen and oxygen atoms in total. The van der Waals surface area contributed by atoms with Crippen molar-refractivity contribution in [3.8, 4) is 0 Å². The minimum absolute atomic E-state index is 0.237. The SMILES string of the molecule is Cc1nc2ccc(NC(=O)c3ccccc3SCC3(C)NC(=O)NC3=O)cc2s1. The van der Waals surface area contributed by atoms with Gasteiger partial charge in [-0.2, -0.15) is 0 Å². The number of aryl methyl sites for hydroxylation is 1. The Balaban J connectivity index is 1.51. The monoisotopic (exact) mass is 426 g/mol. The van der Waals surface area contributed by atoms with Gasteiger partial charge in [-0.25, -0.2) is 9.78 Å². The fourth-order valence-corrected chi connectivity index (χ4v) is 5.00. The summed E-state index contributed by atoms with van der Waals surface area (Å²) in [4.78, 5) is 41.5. The summed E-state index contributed by atoms with van der Waals surface area (Å²) in [5, 5.41) is 8.78. The molecule has 1 fully saturated rings. The van der Waals surface area contributed by atoms with E-state index in [1.165, 1.54) is 11.8 Å². The number of thioether (sulfide) groups is 1. The maximum absolute atomic E-state index is 12.9. The number of carbonyl (C=O) groups is 3. The second-order valence-electron chi connectivity index (χ2n) is 6.89. The van der Waals surface area contributed by atoms with Crippen LogP contribution in [-0.2, 0) is 4.79 Å². The van der Waals surface area contributed by atoms with Gasteiger partial charge in [0.05, 0.1) is 20.8 Å². The van der Waals surface area contributed by atoms with Crippen LogP contribution in [0.4, 0.5) is 10.5 Å². The summed E-state index contributed by atoms with van der Waals surface area (Å²) in [5.74, 6) is -0.301. The number of imide groups is 1. The lowest BCUT2D eigenvalue weighted by atomic mass is 10.1. The molecule has 0 saturated carbocycles. The van der Waals surface area contributed by atoms with Crippen molar-refractivity contribution in [1.29, 1.82) is 0 Å². The maximum atomic E-state index is 12.9. The molecule has 1 atom stereocenters. The Morgan fingerprint density at radius 1 is 1.24 bits per heavy atom. The minimum Gasteiger partial charge on any atom is -0.323 e. The van der Waals surface area contributed by atoms with Crippen LogP contribution in [0.1, 0.15) is 22.3 Å². The van der Waals surface area contributed by atoms with E-state index in [9.17, 15) is 14.4 Å². The first kappa shape index (κ1) is 19.4. The van der Waals surface area contributed by atoms with Crippen molar-refractivity contribution in [2.45, 2.75) is 24.3 Å². The predicted molar refractivity (Wildman–Crippen MR) is 115 cm³/mol. The van der Waals surface area contributed by atoms with Crippen LogP contribution in [0.3, 0.4) is 0 Å². The van der Waals surface area contributed by atoms with Crippen LogP contribution in [-0.4, -0.2) is 34.1 Å². The van der Waals surface area contributed by atoms with E-state index in [4.69, 9.17) is 0 Å². The number of hydrogen-bond acceptors (Lipinski definition) is 6. The van der Waals surface area contributed by atoms with Crippen molar-refractivity contribution in [3.63, 3.8) is 0 Å². The molecule has 29 heavy (non-hydrogen) atoms. The fourth-order valence-electron chi connectivity index (χ4n) is 3.00. The first-order chi connectivity index (χ1) is 13.8. The number of amides is 4. The fraction of sp³-hybridized carbons (Fsp3) is 0.200. The molecule has 1 aromatic heterocycles. The Kier molecular flexibility index (Phi) is 5.01. The zero-order valence-corrected chi connectivity index (χ0v) is 17.4. The molecule has 4 rings (SSSR count). The van der Waals surface area contributed by atoms with Crippen molar-refractivity contribution < 1.29 is 14.4 Å². The lowest BCUT2D eigenvalue weighted by molar-refractivity contribution is -0.122. The first-order valence-corrected chi connectivity index (χ1v) is 10.7. The van der Waals surface area contributed by atoms with Gasteiger partial charge >= 0.3 is 6.03 Å². The summed E-state index contributed by atoms with van der Waals surface area (Å²) in [7, 11) is 0. The Morgan fingerprint density at radius 3 is 2.79 bits per heavy atom. The third-order valence-corrected chi connectivity index (χ3v) is 6.84. The third-order valence-electron chi connectivity index (χ3n) is 4.52. The molecule has 0 radical (unpaired) electrons. The van der Waals surface area contributed by atoms with E-state index in [0.29, 0.717) is 17.0 Å². The summed E-state index contributed by atoms with van der Waals surface area (Å²) in [6.07, 6.45) is 0. The molecule has 0 bridgehead atoms. The van der Waals surface area contributed by atoms with E-state index < -0.39 is 11.6 Å². The van der Waals surface area contributed by atoms with Crippen LogP contribution >= 0.6 is 23.1 Å². The van der Waals surface area contributed by atoms with Crippen molar-refractivity contribution in [3.05, 3.63) is 53.0 Å². The highest BCUT2D eigenvalue weighted by atomic mass is 32.2. The number of nitrogens with zero attached hydrogens (tertiary/aromatic N) is 1. The molecule has 1 saturated heterocycles. The van der Waals surface area contributed by atoms with E-state index in [2.05, 4.69) is 20.9 Å². The maximum Gasteiger partial charge on any atom is 0.322 e. The highest BCUT2D eigenvalue weighted by molar-refractivity contribution is 7.99. The molecule has 3 N–H and O–H groups in total. The molecule has 9 heteroatoms. The highest BCUT2D eigenvalue weighted by Crippen LogP contribution is 2.29. The molecule has 1 unspecified atom stereocenters. The zero-order valence-electron chi connectivity index (χ0n) is 15.7. The number of thiazole rings is 1. The van der Waals surface area contributed by atoms with Gasteiger partial charge < -0.3 is 10.6 Å². The van der Waals surface area contributed by atoms with Gasteiger partial charge in [0.2, 0.25) is 0 Å². The van der Waals surface area contributed by atoms with E-state index in [0.717, 1.165) is 20.1 Å². The number of carbonyl (C=O) groups excluding carboxylic acids is 3. The zero-order chi connectivity index (χ0) is 20.6. The van der Waals surface area contributed by atoms with Gasteiger partial charge in [-0.15, -0.1) is 23.1 Å².